The number of hydrogen-bond acceptors (Lipinski definition) is 3. The summed E-state index contributed by atoms with van der Waals surface area (Å²) in [6.45, 7) is 4.24. The summed E-state index contributed by atoms with van der Waals surface area (Å²) in [6, 6.07) is 7.35. The molecule has 104 valence electrons. The Morgan fingerprint density at radius 3 is 2.58 bits per heavy atom. The van der Waals surface area contributed by atoms with E-state index >= 15 is 0 Å². The Morgan fingerprint density at radius 2 is 2.00 bits per heavy atom. The Hall–Kier alpha value is -1.55. The van der Waals surface area contributed by atoms with Crippen LogP contribution in [-0.4, -0.2) is 30.3 Å². The molecule has 1 aromatic rings. The molecule has 1 aliphatic rings. The first-order valence-electron chi connectivity index (χ1n) is 6.83. The molecular weight excluding hydrogens is 242 g/mol. The van der Waals surface area contributed by atoms with Gasteiger partial charge in [0.05, 0.1) is 12.5 Å². The van der Waals surface area contributed by atoms with Crippen molar-refractivity contribution in [3.8, 4) is 5.75 Å². The zero-order valence-corrected chi connectivity index (χ0v) is 11.3. The summed E-state index contributed by atoms with van der Waals surface area (Å²) in [5.41, 5.74) is 0.800. The number of nitrogens with one attached hydrogen (secondary N) is 1. The van der Waals surface area contributed by atoms with Gasteiger partial charge in [0.1, 0.15) is 5.75 Å². The topological polar surface area (TPSA) is 58.6 Å². The number of rotatable bonds is 5. The summed E-state index contributed by atoms with van der Waals surface area (Å²) in [7, 11) is 0. The third kappa shape index (κ3) is 4.24. The summed E-state index contributed by atoms with van der Waals surface area (Å²) in [4.78, 5) is 10.6. The van der Waals surface area contributed by atoms with Crippen LogP contribution < -0.4 is 10.1 Å². The molecule has 0 saturated carbocycles. The average Bonchev–Trinajstić information content (AvgIpc) is 2.41. The van der Waals surface area contributed by atoms with E-state index in [0.29, 0.717) is 5.92 Å². The fourth-order valence-corrected chi connectivity index (χ4v) is 2.49. The highest BCUT2D eigenvalue weighted by molar-refractivity contribution is 5.70. The second-order valence-electron chi connectivity index (χ2n) is 5.12. The highest BCUT2D eigenvalue weighted by Gasteiger charge is 2.21. The van der Waals surface area contributed by atoms with E-state index in [2.05, 4.69) is 12.2 Å². The smallest absolute Gasteiger partial charge is 0.307 e. The highest BCUT2D eigenvalue weighted by atomic mass is 16.5. The maximum Gasteiger partial charge on any atom is 0.307 e. The van der Waals surface area contributed by atoms with Crippen LogP contribution in [0.3, 0.4) is 0 Å². The van der Waals surface area contributed by atoms with E-state index in [0.717, 1.165) is 37.2 Å². The molecule has 1 saturated heterocycles. The second kappa shape index (κ2) is 6.57. The molecule has 2 rings (SSSR count). The molecular formula is C15H21NO3. The van der Waals surface area contributed by atoms with Crippen LogP contribution in [0.1, 0.15) is 25.3 Å². The van der Waals surface area contributed by atoms with Crippen LogP contribution in [0.2, 0.25) is 0 Å². The Bertz CT molecular complexity index is 410. The summed E-state index contributed by atoms with van der Waals surface area (Å²) < 4.78 is 5.94. The summed E-state index contributed by atoms with van der Waals surface area (Å²) >= 11 is 0. The van der Waals surface area contributed by atoms with Gasteiger partial charge in [-0.15, -0.1) is 0 Å². The van der Waals surface area contributed by atoms with Gasteiger partial charge in [-0.05, 0) is 56.5 Å². The lowest BCUT2D eigenvalue weighted by molar-refractivity contribution is -0.136. The Labute approximate surface area is 113 Å². The zero-order valence-electron chi connectivity index (χ0n) is 11.3. The van der Waals surface area contributed by atoms with Gasteiger partial charge < -0.3 is 15.2 Å². The molecule has 1 fully saturated rings. The molecule has 2 N–H and O–H groups in total. The van der Waals surface area contributed by atoms with Crippen molar-refractivity contribution in [3.63, 3.8) is 0 Å². The number of carboxylic acid groups (broad SMARTS) is 1. The monoisotopic (exact) mass is 263 g/mol. The number of ether oxygens (including phenoxy) is 1. The van der Waals surface area contributed by atoms with Crippen molar-refractivity contribution < 1.29 is 14.6 Å². The largest absolute Gasteiger partial charge is 0.490 e. The third-order valence-electron chi connectivity index (χ3n) is 3.65. The fraction of sp³-hybridized carbons (Fsp3) is 0.533. The van der Waals surface area contributed by atoms with Crippen molar-refractivity contribution in [2.24, 2.45) is 5.92 Å². The maximum atomic E-state index is 10.6. The van der Waals surface area contributed by atoms with E-state index in [1.54, 1.807) is 0 Å². The first kappa shape index (κ1) is 13.9. The first-order chi connectivity index (χ1) is 9.15. The molecule has 1 aromatic carbocycles. The normalized spacial score (nSPS) is 17.9. The maximum absolute atomic E-state index is 10.6. The van der Waals surface area contributed by atoms with E-state index in [-0.39, 0.29) is 12.5 Å². The lowest BCUT2D eigenvalue weighted by Gasteiger charge is -2.28. The molecule has 4 heteroatoms. The van der Waals surface area contributed by atoms with Crippen molar-refractivity contribution in [1.29, 1.82) is 0 Å². The lowest BCUT2D eigenvalue weighted by Crippen LogP contribution is -2.35. The Balaban J connectivity index is 1.89. The number of carbonyl (C=O) groups is 1. The van der Waals surface area contributed by atoms with Crippen LogP contribution in [0.4, 0.5) is 0 Å². The molecule has 1 atom stereocenters. The van der Waals surface area contributed by atoms with Gasteiger partial charge in [-0.1, -0.05) is 12.1 Å². The van der Waals surface area contributed by atoms with Gasteiger partial charge in [0.25, 0.3) is 0 Å². The fourth-order valence-electron chi connectivity index (χ4n) is 2.49. The molecule has 4 nitrogen and oxygen atoms in total. The van der Waals surface area contributed by atoms with E-state index in [1.165, 1.54) is 0 Å². The van der Waals surface area contributed by atoms with Crippen molar-refractivity contribution >= 4 is 5.97 Å². The molecule has 0 spiro atoms. The highest BCUT2D eigenvalue weighted by Crippen LogP contribution is 2.22. The zero-order chi connectivity index (χ0) is 13.7. The van der Waals surface area contributed by atoms with Crippen LogP contribution in [0.15, 0.2) is 24.3 Å². The predicted octanol–water partition coefficient (Wildman–Crippen LogP) is 2.08. The predicted molar refractivity (Wildman–Crippen MR) is 73.5 cm³/mol. The number of aliphatic carboxylic acids is 1. The van der Waals surface area contributed by atoms with Crippen molar-refractivity contribution in [2.75, 3.05) is 13.1 Å². The van der Waals surface area contributed by atoms with Gasteiger partial charge in [0.2, 0.25) is 0 Å². The average molecular weight is 263 g/mol. The minimum absolute atomic E-state index is 0.0597. The second-order valence-corrected chi connectivity index (χ2v) is 5.12. The van der Waals surface area contributed by atoms with Gasteiger partial charge in [0, 0.05) is 0 Å². The van der Waals surface area contributed by atoms with Crippen molar-refractivity contribution in [3.05, 3.63) is 29.8 Å². The number of benzene rings is 1. The van der Waals surface area contributed by atoms with Gasteiger partial charge in [-0.2, -0.15) is 0 Å². The molecule has 0 bridgehead atoms. The van der Waals surface area contributed by atoms with E-state index in [9.17, 15) is 4.79 Å². The van der Waals surface area contributed by atoms with Crippen LogP contribution >= 0.6 is 0 Å². The number of hydrogen-bond donors (Lipinski definition) is 2. The molecule has 0 amide bonds. The summed E-state index contributed by atoms with van der Waals surface area (Å²) in [5.74, 6) is 0.608. The first-order valence-corrected chi connectivity index (χ1v) is 6.83. The lowest BCUT2D eigenvalue weighted by atomic mass is 9.93. The molecule has 1 heterocycles. The molecule has 0 radical (unpaired) electrons. The van der Waals surface area contributed by atoms with Crippen LogP contribution in [0.5, 0.6) is 5.75 Å². The Morgan fingerprint density at radius 1 is 1.37 bits per heavy atom. The molecule has 0 aliphatic carbocycles. The van der Waals surface area contributed by atoms with Gasteiger partial charge in [-0.3, -0.25) is 4.79 Å². The molecule has 1 aliphatic heterocycles. The molecule has 19 heavy (non-hydrogen) atoms. The summed E-state index contributed by atoms with van der Waals surface area (Å²) in [5, 5.41) is 12.1. The van der Waals surface area contributed by atoms with E-state index < -0.39 is 5.97 Å². The number of piperidine rings is 1. The molecule has 1 unspecified atom stereocenters. The molecule has 0 aromatic heterocycles. The third-order valence-corrected chi connectivity index (χ3v) is 3.65. The minimum atomic E-state index is -0.809. The Kier molecular flexibility index (Phi) is 4.80. The number of carboxylic acids is 1. The van der Waals surface area contributed by atoms with Crippen LogP contribution in [-0.2, 0) is 11.2 Å². The van der Waals surface area contributed by atoms with Crippen molar-refractivity contribution in [1.82, 2.24) is 5.32 Å². The standard InChI is InChI=1S/C15H21NO3/c1-11(13-6-8-16-9-7-13)19-14-4-2-12(3-5-14)10-15(17)18/h2-5,11,13,16H,6-10H2,1H3,(H,17,18). The van der Waals surface area contributed by atoms with Gasteiger partial charge in [-0.25, -0.2) is 0 Å². The quantitative estimate of drug-likeness (QED) is 0.854. The summed E-state index contributed by atoms with van der Waals surface area (Å²) in [6.07, 6.45) is 2.56. The van der Waals surface area contributed by atoms with Crippen molar-refractivity contribution in [2.45, 2.75) is 32.3 Å². The van der Waals surface area contributed by atoms with Gasteiger partial charge >= 0.3 is 5.97 Å². The minimum Gasteiger partial charge on any atom is -0.490 e. The van der Waals surface area contributed by atoms with Crippen LogP contribution in [0.25, 0.3) is 0 Å². The van der Waals surface area contributed by atoms with E-state index in [4.69, 9.17) is 9.84 Å². The SMILES string of the molecule is CC(Oc1ccc(CC(=O)O)cc1)C1CCNCC1. The van der Waals surface area contributed by atoms with E-state index in [1.807, 2.05) is 24.3 Å². The van der Waals surface area contributed by atoms with Crippen LogP contribution in [0, 0.1) is 5.92 Å². The van der Waals surface area contributed by atoms with Gasteiger partial charge in [0.15, 0.2) is 0 Å².